The van der Waals surface area contributed by atoms with E-state index in [1.165, 1.54) is 0 Å². The molecule has 0 fully saturated rings. The average molecular weight is 343 g/mol. The Morgan fingerprint density at radius 1 is 1.28 bits per heavy atom. The summed E-state index contributed by atoms with van der Waals surface area (Å²) in [4.78, 5) is 6.57. The predicted octanol–water partition coefficient (Wildman–Crippen LogP) is 3.28. The summed E-state index contributed by atoms with van der Waals surface area (Å²) >= 11 is 0. The van der Waals surface area contributed by atoms with Gasteiger partial charge in [-0.1, -0.05) is 0 Å². The van der Waals surface area contributed by atoms with E-state index in [2.05, 4.69) is 48.7 Å². The van der Waals surface area contributed by atoms with E-state index in [1.807, 2.05) is 19.1 Å². The van der Waals surface area contributed by atoms with Gasteiger partial charge in [-0.15, -0.1) is 0 Å². The fourth-order valence-electron chi connectivity index (χ4n) is 2.89. The molecule has 0 saturated heterocycles. The zero-order chi connectivity index (χ0) is 18.6. The Kier molecular flexibility index (Phi) is 6.20. The Bertz CT molecular complexity index is 725. The monoisotopic (exact) mass is 343 g/mol. The van der Waals surface area contributed by atoms with Gasteiger partial charge in [0.2, 0.25) is 5.95 Å². The Morgan fingerprint density at radius 3 is 2.48 bits per heavy atom. The van der Waals surface area contributed by atoms with E-state index in [-0.39, 0.29) is 0 Å². The molecule has 0 aliphatic carbocycles. The third-order valence-electron chi connectivity index (χ3n) is 4.15. The second-order valence-electron chi connectivity index (χ2n) is 6.76. The summed E-state index contributed by atoms with van der Waals surface area (Å²) in [7, 11) is 1.71. The van der Waals surface area contributed by atoms with E-state index in [0.717, 1.165) is 29.1 Å². The molecule has 0 radical (unpaired) electrons. The molecule has 1 aromatic carbocycles. The molecule has 0 spiro atoms. The second kappa shape index (κ2) is 8.16. The minimum absolute atomic E-state index is 0.383. The van der Waals surface area contributed by atoms with E-state index in [1.54, 1.807) is 24.2 Å². The molecule has 136 valence electrons. The first-order chi connectivity index (χ1) is 11.8. The summed E-state index contributed by atoms with van der Waals surface area (Å²) in [6, 6.07) is 6.99. The smallest absolute Gasteiger partial charge is 0.221 e. The topological polar surface area (TPSA) is 68.7 Å². The van der Waals surface area contributed by atoms with Crippen molar-refractivity contribution in [2.24, 2.45) is 5.10 Å². The van der Waals surface area contributed by atoms with Crippen LogP contribution in [0.5, 0.6) is 5.75 Å². The largest absolute Gasteiger partial charge is 0.496 e. The number of nitrogens with zero attached hydrogens (tertiary/aromatic N) is 4. The molecular weight excluding hydrogens is 314 g/mol. The van der Waals surface area contributed by atoms with Crippen molar-refractivity contribution in [3.05, 3.63) is 41.2 Å². The van der Waals surface area contributed by atoms with E-state index < -0.39 is 0 Å². The van der Waals surface area contributed by atoms with Crippen LogP contribution >= 0.6 is 0 Å². The number of hydrogen-bond donors (Lipinski definition) is 1. The molecule has 0 saturated carbocycles. The maximum atomic E-state index is 5.82. The standard InChI is InChI=1S/C19H29N5O/c1-13(2)23(14(3)4)12-17-9-16(7-8-18(17)25-6)10-21-24-11-15(5)22-19(24)20/h7-11,13-14H,12H2,1-6H3,(H2,20,22). The fraction of sp³-hybridized carbons (Fsp3) is 0.474. The van der Waals surface area contributed by atoms with Gasteiger partial charge in [-0.3, -0.25) is 4.90 Å². The highest BCUT2D eigenvalue weighted by Gasteiger charge is 2.16. The Labute approximate surface area is 150 Å². The normalized spacial score (nSPS) is 12.0. The zero-order valence-corrected chi connectivity index (χ0v) is 16.0. The molecule has 0 amide bonds. The minimum atomic E-state index is 0.383. The summed E-state index contributed by atoms with van der Waals surface area (Å²) in [5.41, 5.74) is 8.80. The lowest BCUT2D eigenvalue weighted by atomic mass is 10.1. The van der Waals surface area contributed by atoms with Crippen molar-refractivity contribution in [3.63, 3.8) is 0 Å². The van der Waals surface area contributed by atoms with Gasteiger partial charge >= 0.3 is 0 Å². The van der Waals surface area contributed by atoms with Crippen LogP contribution in [0, 0.1) is 6.92 Å². The second-order valence-corrected chi connectivity index (χ2v) is 6.76. The predicted molar refractivity (Wildman–Crippen MR) is 103 cm³/mol. The van der Waals surface area contributed by atoms with Gasteiger partial charge in [-0.25, -0.2) is 9.66 Å². The number of methoxy groups -OCH3 is 1. The number of nitrogens with two attached hydrogens (primary N) is 1. The molecule has 2 rings (SSSR count). The van der Waals surface area contributed by atoms with Crippen LogP contribution in [-0.2, 0) is 6.54 Å². The fourth-order valence-corrected chi connectivity index (χ4v) is 2.89. The minimum Gasteiger partial charge on any atom is -0.496 e. The van der Waals surface area contributed by atoms with Gasteiger partial charge < -0.3 is 10.5 Å². The van der Waals surface area contributed by atoms with Gasteiger partial charge in [0.1, 0.15) is 5.75 Å². The van der Waals surface area contributed by atoms with Gasteiger partial charge in [0.25, 0.3) is 0 Å². The number of aryl methyl sites for hydroxylation is 1. The van der Waals surface area contributed by atoms with Crippen molar-refractivity contribution in [1.82, 2.24) is 14.6 Å². The average Bonchev–Trinajstić information content (AvgIpc) is 2.87. The Balaban J connectivity index is 2.28. The van der Waals surface area contributed by atoms with Gasteiger partial charge in [0.15, 0.2) is 0 Å². The van der Waals surface area contributed by atoms with Crippen LogP contribution in [0.2, 0.25) is 0 Å². The van der Waals surface area contributed by atoms with Crippen molar-refractivity contribution in [2.75, 3.05) is 12.8 Å². The molecule has 6 nitrogen and oxygen atoms in total. The summed E-state index contributed by atoms with van der Waals surface area (Å²) < 4.78 is 7.12. The third-order valence-corrected chi connectivity index (χ3v) is 4.15. The molecule has 0 unspecified atom stereocenters. The van der Waals surface area contributed by atoms with E-state index in [0.29, 0.717) is 18.0 Å². The van der Waals surface area contributed by atoms with Crippen molar-refractivity contribution >= 4 is 12.2 Å². The van der Waals surface area contributed by atoms with Crippen LogP contribution in [0.25, 0.3) is 0 Å². The number of benzene rings is 1. The molecule has 0 atom stereocenters. The molecule has 2 N–H and O–H groups in total. The van der Waals surface area contributed by atoms with Crippen LogP contribution in [-0.4, -0.2) is 40.0 Å². The first kappa shape index (κ1) is 19.0. The van der Waals surface area contributed by atoms with Crippen LogP contribution < -0.4 is 10.5 Å². The maximum absolute atomic E-state index is 5.82. The number of ether oxygens (including phenoxy) is 1. The summed E-state index contributed by atoms with van der Waals surface area (Å²) in [6.45, 7) is 11.6. The quantitative estimate of drug-likeness (QED) is 0.783. The summed E-state index contributed by atoms with van der Waals surface area (Å²) in [6.07, 6.45) is 3.59. The molecular formula is C19H29N5O. The van der Waals surface area contributed by atoms with E-state index >= 15 is 0 Å². The zero-order valence-electron chi connectivity index (χ0n) is 16.0. The van der Waals surface area contributed by atoms with Crippen LogP contribution in [0.4, 0.5) is 5.95 Å². The van der Waals surface area contributed by atoms with E-state index in [4.69, 9.17) is 10.5 Å². The molecule has 1 heterocycles. The SMILES string of the molecule is COc1ccc(C=Nn2cc(C)nc2N)cc1CN(C(C)C)C(C)C. The Hall–Kier alpha value is -2.34. The highest BCUT2D eigenvalue weighted by Crippen LogP contribution is 2.23. The number of aromatic nitrogens is 2. The Morgan fingerprint density at radius 2 is 1.96 bits per heavy atom. The van der Waals surface area contributed by atoms with Gasteiger partial charge in [-0.05, 0) is 58.4 Å². The number of imidazole rings is 1. The highest BCUT2D eigenvalue weighted by molar-refractivity contribution is 5.80. The van der Waals surface area contributed by atoms with Crippen LogP contribution in [0.3, 0.4) is 0 Å². The number of anilines is 1. The lowest BCUT2D eigenvalue weighted by molar-refractivity contribution is 0.164. The molecule has 0 bridgehead atoms. The van der Waals surface area contributed by atoms with Crippen molar-refractivity contribution in [1.29, 1.82) is 0 Å². The highest BCUT2D eigenvalue weighted by atomic mass is 16.5. The molecule has 25 heavy (non-hydrogen) atoms. The number of nitrogen functional groups attached to an aromatic ring is 1. The lowest BCUT2D eigenvalue weighted by Gasteiger charge is -2.31. The maximum Gasteiger partial charge on any atom is 0.221 e. The molecule has 2 aromatic rings. The van der Waals surface area contributed by atoms with Crippen LogP contribution in [0.15, 0.2) is 29.5 Å². The first-order valence-corrected chi connectivity index (χ1v) is 8.60. The lowest BCUT2D eigenvalue weighted by Crippen LogP contribution is -2.36. The van der Waals surface area contributed by atoms with Crippen molar-refractivity contribution in [3.8, 4) is 5.75 Å². The summed E-state index contributed by atoms with van der Waals surface area (Å²) in [5.74, 6) is 1.27. The molecule has 6 heteroatoms. The van der Waals surface area contributed by atoms with Gasteiger partial charge in [0.05, 0.1) is 25.2 Å². The molecule has 1 aromatic heterocycles. The van der Waals surface area contributed by atoms with Gasteiger partial charge in [-0.2, -0.15) is 5.10 Å². The van der Waals surface area contributed by atoms with Crippen molar-refractivity contribution in [2.45, 2.75) is 53.2 Å². The molecule has 0 aliphatic heterocycles. The first-order valence-electron chi connectivity index (χ1n) is 8.60. The van der Waals surface area contributed by atoms with Crippen molar-refractivity contribution < 1.29 is 4.74 Å². The third kappa shape index (κ3) is 4.82. The number of rotatable bonds is 7. The van der Waals surface area contributed by atoms with Crippen LogP contribution in [0.1, 0.15) is 44.5 Å². The summed E-state index contributed by atoms with van der Waals surface area (Å²) in [5, 5.41) is 4.39. The molecule has 0 aliphatic rings. The van der Waals surface area contributed by atoms with E-state index in [9.17, 15) is 0 Å². The van der Waals surface area contributed by atoms with Gasteiger partial charge in [0, 0.05) is 24.2 Å². The number of hydrogen-bond acceptors (Lipinski definition) is 5.